The zero-order valence-electron chi connectivity index (χ0n) is 12.9. The summed E-state index contributed by atoms with van der Waals surface area (Å²) in [7, 11) is 0. The number of nitrogen functional groups attached to an aromatic ring is 1. The number of benzene rings is 1. The van der Waals surface area contributed by atoms with Crippen molar-refractivity contribution in [3.05, 3.63) is 28.0 Å². The second-order valence-corrected chi connectivity index (χ2v) is 6.22. The Hall–Kier alpha value is -1.14. The summed E-state index contributed by atoms with van der Waals surface area (Å²) in [5, 5.41) is 7.37. The van der Waals surface area contributed by atoms with E-state index in [-0.39, 0.29) is 16.1 Å². The second kappa shape index (κ2) is 7.75. The van der Waals surface area contributed by atoms with Crippen LogP contribution >= 0.6 is 15.9 Å². The molecule has 0 radical (unpaired) electrons. The Morgan fingerprint density at radius 2 is 1.90 bits per heavy atom. The van der Waals surface area contributed by atoms with Crippen LogP contribution in [0, 0.1) is 11.2 Å². The summed E-state index contributed by atoms with van der Waals surface area (Å²) >= 11 is 3.11. The molecule has 1 rings (SSSR count). The van der Waals surface area contributed by atoms with Gasteiger partial charge in [-0.2, -0.15) is 0 Å². The van der Waals surface area contributed by atoms with Gasteiger partial charge < -0.3 is 10.5 Å². The van der Waals surface area contributed by atoms with Crippen LogP contribution in [0.3, 0.4) is 0 Å². The van der Waals surface area contributed by atoms with Crippen LogP contribution in [0.2, 0.25) is 0 Å². The summed E-state index contributed by atoms with van der Waals surface area (Å²) in [6.45, 7) is 9.62. The average Bonchev–Trinajstić information content (AvgIpc) is 2.37. The number of nitrogens with zero attached hydrogens (tertiary/aromatic N) is 1. The van der Waals surface area contributed by atoms with Crippen LogP contribution in [-0.2, 0) is 0 Å². The van der Waals surface area contributed by atoms with Crippen molar-refractivity contribution in [2.45, 2.75) is 39.8 Å². The minimum atomic E-state index is -0.525. The van der Waals surface area contributed by atoms with Crippen LogP contribution in [0.1, 0.15) is 33.3 Å². The van der Waals surface area contributed by atoms with Crippen LogP contribution in [0.5, 0.6) is 5.75 Å². The highest BCUT2D eigenvalue weighted by Crippen LogP contribution is 2.28. The molecule has 0 bridgehead atoms. The van der Waals surface area contributed by atoms with Gasteiger partial charge in [-0.1, -0.05) is 0 Å². The van der Waals surface area contributed by atoms with E-state index >= 15 is 0 Å². The van der Waals surface area contributed by atoms with Crippen molar-refractivity contribution < 1.29 is 9.13 Å². The predicted octanol–water partition coefficient (Wildman–Crippen LogP) is 3.37. The first-order valence-electron chi connectivity index (χ1n) is 6.96. The smallest absolute Gasteiger partial charge is 0.179 e. The average molecular weight is 360 g/mol. The first-order valence-corrected chi connectivity index (χ1v) is 7.76. The molecule has 0 aliphatic carbocycles. The van der Waals surface area contributed by atoms with Crippen LogP contribution in [0.25, 0.3) is 0 Å². The maximum atomic E-state index is 14.1. The minimum Gasteiger partial charge on any atom is -0.489 e. The molecular formula is C15H23BrFN3O. The topological polar surface area (TPSA) is 62.3 Å². The molecule has 0 unspecified atom stereocenters. The molecule has 0 fully saturated rings. The Morgan fingerprint density at radius 1 is 1.33 bits per heavy atom. The maximum Gasteiger partial charge on any atom is 0.179 e. The van der Waals surface area contributed by atoms with E-state index in [4.69, 9.17) is 15.9 Å². The lowest BCUT2D eigenvalue weighted by Crippen LogP contribution is -2.39. The number of rotatable bonds is 7. The van der Waals surface area contributed by atoms with Gasteiger partial charge in [-0.25, -0.2) is 4.39 Å². The van der Waals surface area contributed by atoms with Gasteiger partial charge in [-0.15, -0.1) is 0 Å². The van der Waals surface area contributed by atoms with Crippen molar-refractivity contribution in [2.75, 3.05) is 13.2 Å². The second-order valence-electron chi connectivity index (χ2n) is 5.43. The molecule has 0 saturated carbocycles. The van der Waals surface area contributed by atoms with E-state index < -0.39 is 5.82 Å². The maximum absolute atomic E-state index is 14.1. The van der Waals surface area contributed by atoms with Gasteiger partial charge in [0.25, 0.3) is 0 Å². The van der Waals surface area contributed by atoms with Crippen LogP contribution in [0.4, 0.5) is 4.39 Å². The molecule has 21 heavy (non-hydrogen) atoms. The van der Waals surface area contributed by atoms with Crippen LogP contribution in [-0.4, -0.2) is 36.0 Å². The van der Waals surface area contributed by atoms with Crippen molar-refractivity contribution >= 4 is 21.8 Å². The molecule has 3 N–H and O–H groups in total. The molecule has 0 aliphatic rings. The summed E-state index contributed by atoms with van der Waals surface area (Å²) in [6.07, 6.45) is 0. The summed E-state index contributed by atoms with van der Waals surface area (Å²) in [5.41, 5.74) is 5.70. The van der Waals surface area contributed by atoms with Gasteiger partial charge in [-0.3, -0.25) is 10.3 Å². The molecule has 0 atom stereocenters. The molecular weight excluding hydrogens is 337 g/mol. The Kier molecular flexibility index (Phi) is 6.61. The lowest BCUT2D eigenvalue weighted by Gasteiger charge is -2.30. The van der Waals surface area contributed by atoms with Gasteiger partial charge in [0.2, 0.25) is 0 Å². The summed E-state index contributed by atoms with van der Waals surface area (Å²) in [4.78, 5) is 2.27. The summed E-state index contributed by atoms with van der Waals surface area (Å²) in [6, 6.07) is 3.90. The zero-order valence-corrected chi connectivity index (χ0v) is 14.5. The fourth-order valence-corrected chi connectivity index (χ4v) is 2.77. The monoisotopic (exact) mass is 359 g/mol. The van der Waals surface area contributed by atoms with E-state index in [2.05, 4.69) is 48.5 Å². The van der Waals surface area contributed by atoms with Crippen molar-refractivity contribution in [2.24, 2.45) is 5.73 Å². The molecule has 0 saturated heterocycles. The van der Waals surface area contributed by atoms with Crippen molar-refractivity contribution in [1.29, 1.82) is 5.41 Å². The number of nitrogens with one attached hydrogen (secondary N) is 1. The number of amidine groups is 1. The number of halogens is 2. The van der Waals surface area contributed by atoms with Crippen LogP contribution < -0.4 is 10.5 Å². The largest absolute Gasteiger partial charge is 0.489 e. The van der Waals surface area contributed by atoms with Gasteiger partial charge in [0, 0.05) is 24.2 Å². The van der Waals surface area contributed by atoms with Gasteiger partial charge in [0.05, 0.1) is 4.47 Å². The Labute approximate surface area is 134 Å². The normalized spacial score (nSPS) is 11.5. The molecule has 0 amide bonds. The molecule has 4 nitrogen and oxygen atoms in total. The third kappa shape index (κ3) is 4.68. The van der Waals surface area contributed by atoms with Crippen molar-refractivity contribution in [3.8, 4) is 5.75 Å². The summed E-state index contributed by atoms with van der Waals surface area (Å²) < 4.78 is 19.8. The van der Waals surface area contributed by atoms with E-state index in [1.165, 1.54) is 6.07 Å². The number of hydrogen-bond donors (Lipinski definition) is 2. The predicted molar refractivity (Wildman–Crippen MR) is 87.6 cm³/mol. The first kappa shape index (κ1) is 17.9. The van der Waals surface area contributed by atoms with Gasteiger partial charge in [-0.05, 0) is 55.8 Å². The third-order valence-electron chi connectivity index (χ3n) is 3.27. The first-order chi connectivity index (χ1) is 9.75. The lowest BCUT2D eigenvalue weighted by atomic mass is 10.2. The quantitative estimate of drug-likeness (QED) is 0.579. The molecule has 6 heteroatoms. The van der Waals surface area contributed by atoms with Crippen molar-refractivity contribution in [3.63, 3.8) is 0 Å². The van der Waals surface area contributed by atoms with E-state index in [0.717, 1.165) is 6.54 Å². The number of ether oxygens (including phenoxy) is 1. The molecule has 118 valence electrons. The molecule has 0 spiro atoms. The molecule has 0 heterocycles. The highest BCUT2D eigenvalue weighted by atomic mass is 79.9. The molecule has 1 aromatic carbocycles. The Balaban J connectivity index is 2.73. The van der Waals surface area contributed by atoms with Gasteiger partial charge >= 0.3 is 0 Å². The van der Waals surface area contributed by atoms with E-state index in [9.17, 15) is 4.39 Å². The lowest BCUT2D eigenvalue weighted by molar-refractivity contribution is 0.140. The fourth-order valence-electron chi connectivity index (χ4n) is 2.22. The highest BCUT2D eigenvalue weighted by molar-refractivity contribution is 9.10. The standard InChI is InChI=1S/C15H23BrFN3O/c1-9(2)20(10(3)4)7-8-21-12-6-5-11(15(18)19)13(16)14(12)17/h5-6,9-10H,7-8H2,1-4H3,(H3,18,19). The minimum absolute atomic E-state index is 0.164. The van der Waals surface area contributed by atoms with E-state index in [1.807, 2.05) is 0 Å². The van der Waals surface area contributed by atoms with Gasteiger partial charge in [0.15, 0.2) is 11.6 Å². The molecule has 0 aromatic heterocycles. The third-order valence-corrected chi connectivity index (χ3v) is 4.05. The van der Waals surface area contributed by atoms with Crippen molar-refractivity contribution in [1.82, 2.24) is 4.90 Å². The summed E-state index contributed by atoms with van der Waals surface area (Å²) in [5.74, 6) is -0.541. The van der Waals surface area contributed by atoms with E-state index in [0.29, 0.717) is 24.3 Å². The van der Waals surface area contributed by atoms with E-state index in [1.54, 1.807) is 6.07 Å². The number of nitrogens with two attached hydrogens (primary N) is 1. The zero-order chi connectivity index (χ0) is 16.2. The Morgan fingerprint density at radius 3 is 2.38 bits per heavy atom. The Bertz CT molecular complexity index is 498. The van der Waals surface area contributed by atoms with Crippen LogP contribution in [0.15, 0.2) is 16.6 Å². The van der Waals surface area contributed by atoms with Gasteiger partial charge in [0.1, 0.15) is 12.4 Å². The highest BCUT2D eigenvalue weighted by Gasteiger charge is 2.16. The fraction of sp³-hybridized carbons (Fsp3) is 0.533. The molecule has 0 aliphatic heterocycles. The molecule has 1 aromatic rings. The SMILES string of the molecule is CC(C)N(CCOc1ccc(C(=N)N)c(Br)c1F)C(C)C. The number of hydrogen-bond acceptors (Lipinski definition) is 3.